The van der Waals surface area contributed by atoms with Gasteiger partial charge < -0.3 is 10.4 Å². The van der Waals surface area contributed by atoms with E-state index in [2.05, 4.69) is 10.2 Å². The van der Waals surface area contributed by atoms with Crippen molar-refractivity contribution >= 4 is 23.2 Å². The highest BCUT2D eigenvalue weighted by Crippen LogP contribution is 2.22. The Hall–Kier alpha value is -1.10. The number of carbonyl (C=O) groups excluding carboxylic acids is 1. The zero-order valence-corrected chi connectivity index (χ0v) is 12.3. The lowest BCUT2D eigenvalue weighted by atomic mass is 10.00. The number of hydrogen-bond donors (Lipinski definition) is 2. The SMILES string of the molecule is O=C(CN1CCCCC1CCO)Nc1ccccc1Cl. The van der Waals surface area contributed by atoms with E-state index in [0.29, 0.717) is 23.3 Å². The van der Waals surface area contributed by atoms with Crippen LogP contribution < -0.4 is 5.32 Å². The summed E-state index contributed by atoms with van der Waals surface area (Å²) in [6.45, 7) is 1.45. The first-order chi connectivity index (χ1) is 9.70. The maximum atomic E-state index is 12.1. The summed E-state index contributed by atoms with van der Waals surface area (Å²) in [6, 6.07) is 7.54. The van der Waals surface area contributed by atoms with Gasteiger partial charge in [-0.3, -0.25) is 9.69 Å². The molecule has 20 heavy (non-hydrogen) atoms. The van der Waals surface area contributed by atoms with Crippen LogP contribution in [0.15, 0.2) is 24.3 Å². The van der Waals surface area contributed by atoms with Crippen molar-refractivity contribution in [1.29, 1.82) is 0 Å². The predicted molar refractivity (Wildman–Crippen MR) is 81.0 cm³/mol. The number of nitrogens with zero attached hydrogens (tertiary/aromatic N) is 1. The number of para-hydroxylation sites is 1. The first-order valence-corrected chi connectivity index (χ1v) is 7.48. The second kappa shape index (κ2) is 7.62. The molecule has 0 radical (unpaired) electrons. The third kappa shape index (κ3) is 4.20. The Morgan fingerprint density at radius 2 is 2.20 bits per heavy atom. The molecule has 1 aromatic rings. The summed E-state index contributed by atoms with van der Waals surface area (Å²) in [5, 5.41) is 12.5. The number of halogens is 1. The van der Waals surface area contributed by atoms with E-state index in [4.69, 9.17) is 16.7 Å². The third-order valence-corrected chi connectivity index (χ3v) is 4.04. The van der Waals surface area contributed by atoms with Gasteiger partial charge >= 0.3 is 0 Å². The van der Waals surface area contributed by atoms with E-state index in [1.807, 2.05) is 12.1 Å². The molecule has 5 heteroatoms. The average Bonchev–Trinajstić information content (AvgIpc) is 2.44. The number of piperidine rings is 1. The summed E-state index contributed by atoms with van der Waals surface area (Å²) < 4.78 is 0. The number of aliphatic hydroxyl groups is 1. The number of rotatable bonds is 5. The summed E-state index contributed by atoms with van der Waals surface area (Å²) in [7, 11) is 0. The van der Waals surface area contributed by atoms with Crippen molar-refractivity contribution in [3.8, 4) is 0 Å². The van der Waals surface area contributed by atoms with Crippen LogP contribution >= 0.6 is 11.6 Å². The first-order valence-electron chi connectivity index (χ1n) is 7.10. The normalized spacial score (nSPS) is 19.8. The van der Waals surface area contributed by atoms with Gasteiger partial charge in [-0.15, -0.1) is 0 Å². The van der Waals surface area contributed by atoms with E-state index in [0.717, 1.165) is 25.8 Å². The van der Waals surface area contributed by atoms with Crippen LogP contribution in [0.5, 0.6) is 0 Å². The fourth-order valence-electron chi connectivity index (χ4n) is 2.68. The number of anilines is 1. The fraction of sp³-hybridized carbons (Fsp3) is 0.533. The number of nitrogens with one attached hydrogen (secondary N) is 1. The molecule has 0 spiro atoms. The first kappa shape index (κ1) is 15.3. The van der Waals surface area contributed by atoms with Gasteiger partial charge in [0.2, 0.25) is 5.91 Å². The number of likely N-dealkylation sites (tertiary alicyclic amines) is 1. The van der Waals surface area contributed by atoms with E-state index in [1.54, 1.807) is 12.1 Å². The maximum Gasteiger partial charge on any atom is 0.238 e. The van der Waals surface area contributed by atoms with Crippen molar-refractivity contribution < 1.29 is 9.90 Å². The van der Waals surface area contributed by atoms with Crippen molar-refractivity contribution in [3.63, 3.8) is 0 Å². The van der Waals surface area contributed by atoms with Crippen LogP contribution in [-0.2, 0) is 4.79 Å². The molecule has 0 bridgehead atoms. The van der Waals surface area contributed by atoms with Crippen molar-refractivity contribution in [2.75, 3.05) is 25.0 Å². The second-order valence-electron chi connectivity index (χ2n) is 5.16. The van der Waals surface area contributed by atoms with Gasteiger partial charge in [0, 0.05) is 12.6 Å². The van der Waals surface area contributed by atoms with E-state index in [9.17, 15) is 4.79 Å². The van der Waals surface area contributed by atoms with Gasteiger partial charge in [0.05, 0.1) is 17.3 Å². The topological polar surface area (TPSA) is 52.6 Å². The third-order valence-electron chi connectivity index (χ3n) is 3.71. The van der Waals surface area contributed by atoms with Crippen molar-refractivity contribution in [1.82, 2.24) is 4.90 Å². The smallest absolute Gasteiger partial charge is 0.238 e. The van der Waals surface area contributed by atoms with Gasteiger partial charge in [-0.2, -0.15) is 0 Å². The summed E-state index contributed by atoms with van der Waals surface area (Å²) >= 11 is 6.03. The molecule has 1 aliphatic heterocycles. The van der Waals surface area contributed by atoms with Crippen LogP contribution in [0.1, 0.15) is 25.7 Å². The van der Waals surface area contributed by atoms with Crippen molar-refractivity contribution in [2.24, 2.45) is 0 Å². The predicted octanol–water partition coefficient (Wildman–Crippen LogP) is 2.52. The number of amides is 1. The molecule has 110 valence electrons. The highest BCUT2D eigenvalue weighted by Gasteiger charge is 2.23. The van der Waals surface area contributed by atoms with Crippen molar-refractivity contribution in [2.45, 2.75) is 31.7 Å². The molecule has 0 saturated carbocycles. The average molecular weight is 297 g/mol. The molecule has 1 atom stereocenters. The van der Waals surface area contributed by atoms with E-state index in [-0.39, 0.29) is 12.5 Å². The summed E-state index contributed by atoms with van der Waals surface area (Å²) in [4.78, 5) is 14.3. The van der Waals surface area contributed by atoms with Gasteiger partial charge in [0.15, 0.2) is 0 Å². The highest BCUT2D eigenvalue weighted by atomic mass is 35.5. The zero-order chi connectivity index (χ0) is 14.4. The van der Waals surface area contributed by atoms with Crippen LogP contribution in [0.3, 0.4) is 0 Å². The Morgan fingerprint density at radius 3 is 2.95 bits per heavy atom. The Kier molecular flexibility index (Phi) is 5.83. The van der Waals surface area contributed by atoms with Crippen LogP contribution in [0.25, 0.3) is 0 Å². The molecule has 1 saturated heterocycles. The molecule has 1 heterocycles. The lowest BCUT2D eigenvalue weighted by Crippen LogP contribution is -2.44. The Bertz CT molecular complexity index is 451. The van der Waals surface area contributed by atoms with Crippen molar-refractivity contribution in [3.05, 3.63) is 29.3 Å². The standard InChI is InChI=1S/C15H21ClN2O2/c16-13-6-1-2-7-14(13)17-15(20)11-18-9-4-3-5-12(18)8-10-19/h1-2,6-7,12,19H,3-5,8-11H2,(H,17,20). The number of aliphatic hydroxyl groups excluding tert-OH is 1. The Labute approximate surface area is 124 Å². The van der Waals surface area contributed by atoms with Gasteiger partial charge in [-0.05, 0) is 37.9 Å². The molecular weight excluding hydrogens is 276 g/mol. The molecule has 4 nitrogen and oxygen atoms in total. The van der Waals surface area contributed by atoms with Gasteiger partial charge in [-0.1, -0.05) is 30.2 Å². The van der Waals surface area contributed by atoms with Gasteiger partial charge in [-0.25, -0.2) is 0 Å². The molecule has 1 aliphatic rings. The van der Waals surface area contributed by atoms with E-state index >= 15 is 0 Å². The largest absolute Gasteiger partial charge is 0.396 e. The summed E-state index contributed by atoms with van der Waals surface area (Å²) in [5.74, 6) is -0.0528. The van der Waals surface area contributed by atoms with E-state index in [1.165, 1.54) is 6.42 Å². The van der Waals surface area contributed by atoms with Crippen LogP contribution in [0, 0.1) is 0 Å². The molecule has 1 fully saturated rings. The van der Waals surface area contributed by atoms with Crippen LogP contribution in [0.2, 0.25) is 5.02 Å². The summed E-state index contributed by atoms with van der Waals surface area (Å²) in [6.07, 6.45) is 4.08. The lowest BCUT2D eigenvalue weighted by Gasteiger charge is -2.34. The van der Waals surface area contributed by atoms with Gasteiger partial charge in [0.1, 0.15) is 0 Å². The highest BCUT2D eigenvalue weighted by molar-refractivity contribution is 6.33. The molecule has 2 rings (SSSR count). The number of hydrogen-bond acceptors (Lipinski definition) is 3. The minimum atomic E-state index is -0.0528. The molecule has 0 aliphatic carbocycles. The number of benzene rings is 1. The minimum Gasteiger partial charge on any atom is -0.396 e. The quantitative estimate of drug-likeness (QED) is 0.878. The van der Waals surface area contributed by atoms with Crippen LogP contribution in [0.4, 0.5) is 5.69 Å². The summed E-state index contributed by atoms with van der Waals surface area (Å²) in [5.41, 5.74) is 0.648. The molecule has 1 aromatic carbocycles. The fourth-order valence-corrected chi connectivity index (χ4v) is 2.86. The maximum absolute atomic E-state index is 12.1. The van der Waals surface area contributed by atoms with E-state index < -0.39 is 0 Å². The van der Waals surface area contributed by atoms with Crippen LogP contribution in [-0.4, -0.2) is 41.7 Å². The molecule has 0 aromatic heterocycles. The van der Waals surface area contributed by atoms with Gasteiger partial charge in [0.25, 0.3) is 0 Å². The monoisotopic (exact) mass is 296 g/mol. The lowest BCUT2D eigenvalue weighted by molar-refractivity contribution is -0.118. The minimum absolute atomic E-state index is 0.0528. The zero-order valence-electron chi connectivity index (χ0n) is 11.5. The molecular formula is C15H21ClN2O2. The Morgan fingerprint density at radius 1 is 1.40 bits per heavy atom. The number of carbonyl (C=O) groups is 1. The molecule has 2 N–H and O–H groups in total. The second-order valence-corrected chi connectivity index (χ2v) is 5.57. The molecule has 1 amide bonds. The molecule has 1 unspecified atom stereocenters. The Balaban J connectivity index is 1.91.